The van der Waals surface area contributed by atoms with Crippen LogP contribution in [0.2, 0.25) is 0 Å². The molecule has 0 spiro atoms. The molecular formula is C22H19F3N6O2S. The van der Waals surface area contributed by atoms with Crippen molar-refractivity contribution in [1.82, 2.24) is 19.9 Å². The maximum atomic E-state index is 13.4. The zero-order chi connectivity index (χ0) is 23.3. The van der Waals surface area contributed by atoms with Gasteiger partial charge in [0.25, 0.3) is 5.91 Å². The van der Waals surface area contributed by atoms with Crippen molar-refractivity contribution in [1.29, 1.82) is 0 Å². The van der Waals surface area contributed by atoms with Crippen LogP contribution in [0.1, 0.15) is 29.0 Å². The summed E-state index contributed by atoms with van der Waals surface area (Å²) in [7, 11) is 0. The third kappa shape index (κ3) is 4.00. The second kappa shape index (κ2) is 8.52. The molecule has 0 bridgehead atoms. The minimum absolute atomic E-state index is 0. The van der Waals surface area contributed by atoms with Crippen molar-refractivity contribution in [3.05, 3.63) is 66.1 Å². The van der Waals surface area contributed by atoms with Gasteiger partial charge in [-0.25, -0.2) is 4.98 Å². The van der Waals surface area contributed by atoms with Crippen molar-refractivity contribution >= 4 is 30.9 Å². The Morgan fingerprint density at radius 2 is 1.85 bits per heavy atom. The van der Waals surface area contributed by atoms with Crippen LogP contribution in [0.5, 0.6) is 0 Å². The number of rotatable bonds is 3. The number of nitrogen functional groups attached to an aromatic ring is 1. The van der Waals surface area contributed by atoms with Gasteiger partial charge in [-0.15, -0.1) is 0 Å². The summed E-state index contributed by atoms with van der Waals surface area (Å²) < 4.78 is 45.8. The van der Waals surface area contributed by atoms with Crippen LogP contribution in [0.4, 0.5) is 24.7 Å². The maximum absolute atomic E-state index is 13.4. The number of hydrogen-bond acceptors (Lipinski definition) is 6. The molecule has 1 aliphatic rings. The summed E-state index contributed by atoms with van der Waals surface area (Å²) in [4.78, 5) is 18.8. The van der Waals surface area contributed by atoms with Crippen LogP contribution in [-0.2, 0) is 6.18 Å². The molecule has 0 saturated carbocycles. The molecule has 5 rings (SSSR count). The molecule has 1 atom stereocenters. The van der Waals surface area contributed by atoms with Gasteiger partial charge in [-0.2, -0.15) is 31.8 Å². The van der Waals surface area contributed by atoms with E-state index in [9.17, 15) is 18.0 Å². The van der Waals surface area contributed by atoms with Gasteiger partial charge >= 0.3 is 6.18 Å². The summed E-state index contributed by atoms with van der Waals surface area (Å²) in [6.07, 6.45) is -1.37. The number of amides is 1. The number of benzene rings is 1. The molecule has 34 heavy (non-hydrogen) atoms. The Balaban J connectivity index is 0.00000274. The number of hydrogen-bond donors (Lipinski definition) is 1. The van der Waals surface area contributed by atoms with Crippen molar-refractivity contribution in [2.24, 2.45) is 0 Å². The van der Waals surface area contributed by atoms with Crippen LogP contribution in [0.15, 0.2) is 59.4 Å². The third-order valence-electron chi connectivity index (χ3n) is 5.47. The summed E-state index contributed by atoms with van der Waals surface area (Å²) in [6.45, 7) is 2.13. The monoisotopic (exact) mass is 488 g/mol. The highest BCUT2D eigenvalue weighted by Crippen LogP contribution is 2.35. The van der Waals surface area contributed by atoms with E-state index in [-0.39, 0.29) is 31.8 Å². The lowest BCUT2D eigenvalue weighted by molar-refractivity contribution is -0.137. The zero-order valence-electron chi connectivity index (χ0n) is 17.7. The van der Waals surface area contributed by atoms with E-state index in [1.54, 1.807) is 29.1 Å². The summed E-state index contributed by atoms with van der Waals surface area (Å²) >= 11 is 0. The Hall–Kier alpha value is -3.80. The molecule has 0 aliphatic carbocycles. The number of fused-ring (bicyclic) bond motifs is 1. The smallest absolute Gasteiger partial charge is 0.384 e. The summed E-state index contributed by atoms with van der Waals surface area (Å²) in [5.74, 6) is 0.307. The fourth-order valence-electron chi connectivity index (χ4n) is 3.79. The van der Waals surface area contributed by atoms with E-state index in [0.717, 1.165) is 12.1 Å². The van der Waals surface area contributed by atoms with Crippen molar-refractivity contribution in [3.63, 3.8) is 0 Å². The van der Waals surface area contributed by atoms with Crippen molar-refractivity contribution in [2.45, 2.75) is 19.1 Å². The molecule has 2 N–H and O–H groups in total. The predicted octanol–water partition coefficient (Wildman–Crippen LogP) is 4.54. The summed E-state index contributed by atoms with van der Waals surface area (Å²) in [6, 6.07) is 9.35. The quantitative estimate of drug-likeness (QED) is 0.454. The number of nitrogens with two attached hydrogens (primary N) is 1. The second-order valence-electron chi connectivity index (χ2n) is 7.71. The number of pyridine rings is 1. The number of carbonyl (C=O) groups is 1. The van der Waals surface area contributed by atoms with Crippen LogP contribution in [0, 0.1) is 0 Å². The average molecular weight is 488 g/mol. The minimum atomic E-state index is -4.45. The number of aromatic nitrogens is 4. The minimum Gasteiger partial charge on any atom is -0.384 e. The van der Waals surface area contributed by atoms with Crippen LogP contribution in [0.3, 0.4) is 0 Å². The zero-order valence-corrected chi connectivity index (χ0v) is 18.7. The van der Waals surface area contributed by atoms with Crippen molar-refractivity contribution in [2.75, 3.05) is 17.2 Å². The van der Waals surface area contributed by atoms with Gasteiger partial charge < -0.3 is 15.2 Å². The number of anilines is 2. The third-order valence-corrected chi connectivity index (χ3v) is 5.47. The van der Waals surface area contributed by atoms with E-state index in [4.69, 9.17) is 10.3 Å². The molecular weight excluding hydrogens is 469 g/mol. The van der Waals surface area contributed by atoms with Crippen molar-refractivity contribution < 1.29 is 22.5 Å². The molecule has 1 aliphatic heterocycles. The van der Waals surface area contributed by atoms with Crippen LogP contribution < -0.4 is 10.6 Å². The average Bonchev–Trinajstić information content (AvgIpc) is 3.44. The molecule has 3 aromatic heterocycles. The SMILES string of the molecule is C[C@H]1CN(c2ccc(C(F)(F)F)cc2)C(=O)c2c(-c3cc(-c4ccc(N)nc4)no3)cnn21.S. The fraction of sp³-hybridized carbons (Fsp3) is 0.182. The molecule has 4 aromatic rings. The number of alkyl halides is 3. The van der Waals surface area contributed by atoms with Gasteiger partial charge in [0.2, 0.25) is 0 Å². The molecule has 0 unspecified atom stereocenters. The highest BCUT2D eigenvalue weighted by atomic mass is 32.1. The molecule has 8 nitrogen and oxygen atoms in total. The lowest BCUT2D eigenvalue weighted by Gasteiger charge is -2.32. The van der Waals surface area contributed by atoms with Crippen LogP contribution >= 0.6 is 13.5 Å². The summed E-state index contributed by atoms with van der Waals surface area (Å²) in [5.41, 5.74) is 7.11. The molecule has 0 radical (unpaired) electrons. The van der Waals surface area contributed by atoms with E-state index < -0.39 is 17.6 Å². The van der Waals surface area contributed by atoms with Crippen LogP contribution in [0.25, 0.3) is 22.6 Å². The largest absolute Gasteiger partial charge is 0.416 e. The Bertz CT molecular complexity index is 1330. The molecule has 12 heteroatoms. The molecule has 0 saturated heterocycles. The molecule has 1 aromatic carbocycles. The lowest BCUT2D eigenvalue weighted by Crippen LogP contribution is -2.42. The van der Waals surface area contributed by atoms with Crippen molar-refractivity contribution in [3.8, 4) is 22.6 Å². The first kappa shape index (κ1) is 23.4. The Labute approximate surface area is 198 Å². The van der Waals surface area contributed by atoms with Crippen LogP contribution in [-0.4, -0.2) is 32.4 Å². The highest BCUT2D eigenvalue weighted by Gasteiger charge is 2.36. The van der Waals surface area contributed by atoms with Gasteiger partial charge in [-0.1, -0.05) is 5.16 Å². The van der Waals surface area contributed by atoms with Gasteiger partial charge in [-0.05, 0) is 43.3 Å². The van der Waals surface area contributed by atoms with E-state index in [1.165, 1.54) is 23.2 Å². The summed E-state index contributed by atoms with van der Waals surface area (Å²) in [5, 5.41) is 8.39. The first-order chi connectivity index (χ1) is 15.7. The topological polar surface area (TPSA) is 103 Å². The van der Waals surface area contributed by atoms with Gasteiger partial charge in [-0.3, -0.25) is 9.48 Å². The molecule has 0 fully saturated rings. The first-order valence-corrected chi connectivity index (χ1v) is 9.98. The van der Waals surface area contributed by atoms with E-state index >= 15 is 0 Å². The Kier molecular flexibility index (Phi) is 5.86. The highest BCUT2D eigenvalue weighted by molar-refractivity contribution is 7.59. The standard InChI is InChI=1S/C22H17F3N6O2.H2S/c1-12-11-30(15-5-3-14(4-6-15)22(23,24)25)21(32)20-16(10-28-31(12)20)18-8-17(29-33-18)13-2-7-19(26)27-9-13;/h2-10,12H,11H2,1H3,(H2,26,27);1H2/t12-;/m0./s1. The number of carbonyl (C=O) groups excluding carboxylic acids is 1. The Morgan fingerprint density at radius 3 is 2.50 bits per heavy atom. The second-order valence-corrected chi connectivity index (χ2v) is 7.71. The molecule has 4 heterocycles. The fourth-order valence-corrected chi connectivity index (χ4v) is 3.79. The predicted molar refractivity (Wildman–Crippen MR) is 124 cm³/mol. The van der Waals surface area contributed by atoms with Gasteiger partial charge in [0.15, 0.2) is 5.76 Å². The van der Waals surface area contributed by atoms with E-state index in [1.807, 2.05) is 6.92 Å². The van der Waals surface area contributed by atoms with E-state index in [0.29, 0.717) is 34.1 Å². The van der Waals surface area contributed by atoms with Gasteiger partial charge in [0.1, 0.15) is 17.2 Å². The Morgan fingerprint density at radius 1 is 1.12 bits per heavy atom. The number of nitrogens with zero attached hydrogens (tertiary/aromatic N) is 5. The lowest BCUT2D eigenvalue weighted by atomic mass is 10.1. The normalized spacial score (nSPS) is 15.7. The molecule has 176 valence electrons. The number of halogens is 3. The van der Waals surface area contributed by atoms with Gasteiger partial charge in [0.05, 0.1) is 23.4 Å². The molecule has 1 amide bonds. The van der Waals surface area contributed by atoms with Gasteiger partial charge in [0, 0.05) is 30.1 Å². The first-order valence-electron chi connectivity index (χ1n) is 9.98. The maximum Gasteiger partial charge on any atom is 0.416 e. The van der Waals surface area contributed by atoms with E-state index in [2.05, 4.69) is 15.2 Å².